The van der Waals surface area contributed by atoms with Gasteiger partial charge >= 0.3 is 0 Å². The molecular formula is C25H24N4O. The van der Waals surface area contributed by atoms with Crippen molar-refractivity contribution < 1.29 is 4.52 Å². The van der Waals surface area contributed by atoms with Crippen molar-refractivity contribution >= 4 is 11.5 Å². The Hall–Kier alpha value is -3.60. The summed E-state index contributed by atoms with van der Waals surface area (Å²) >= 11 is 0. The summed E-state index contributed by atoms with van der Waals surface area (Å²) in [4.78, 5) is 4.94. The number of nitrogens with zero attached hydrogens (tertiary/aromatic N) is 3. The van der Waals surface area contributed by atoms with E-state index in [0.29, 0.717) is 0 Å². The van der Waals surface area contributed by atoms with Gasteiger partial charge in [-0.25, -0.2) is 4.98 Å². The zero-order valence-electron chi connectivity index (χ0n) is 17.2. The molecule has 4 aromatic rings. The van der Waals surface area contributed by atoms with Gasteiger partial charge in [-0.3, -0.25) is 4.40 Å². The molecule has 1 aliphatic rings. The highest BCUT2D eigenvalue weighted by molar-refractivity contribution is 5.80. The zero-order valence-corrected chi connectivity index (χ0v) is 17.2. The molecule has 5 heteroatoms. The fourth-order valence-corrected chi connectivity index (χ4v) is 4.07. The molecule has 30 heavy (non-hydrogen) atoms. The smallest absolute Gasteiger partial charge is 0.141 e. The second-order valence-electron chi connectivity index (χ2n) is 7.63. The average Bonchev–Trinajstić information content (AvgIpc) is 3.32. The van der Waals surface area contributed by atoms with Crippen LogP contribution in [0.1, 0.15) is 24.3 Å². The highest BCUT2D eigenvalue weighted by Crippen LogP contribution is 2.34. The minimum atomic E-state index is 0.774. The lowest BCUT2D eigenvalue weighted by atomic mass is 10.0. The lowest BCUT2D eigenvalue weighted by molar-refractivity contribution is 0.393. The molecule has 0 saturated carbocycles. The van der Waals surface area contributed by atoms with Gasteiger partial charge in [0.15, 0.2) is 0 Å². The first-order chi connectivity index (χ1) is 14.7. The van der Waals surface area contributed by atoms with E-state index in [1.54, 1.807) is 0 Å². The van der Waals surface area contributed by atoms with Crippen molar-refractivity contribution in [1.82, 2.24) is 14.5 Å². The molecule has 0 spiro atoms. The van der Waals surface area contributed by atoms with Gasteiger partial charge in [0, 0.05) is 23.9 Å². The van der Waals surface area contributed by atoms with Crippen molar-refractivity contribution in [3.05, 3.63) is 83.9 Å². The number of benzene rings is 1. The Kier molecular flexibility index (Phi) is 4.71. The van der Waals surface area contributed by atoms with Gasteiger partial charge in [0.05, 0.1) is 5.69 Å². The van der Waals surface area contributed by atoms with Gasteiger partial charge in [-0.15, -0.1) is 0 Å². The van der Waals surface area contributed by atoms with E-state index in [-0.39, 0.29) is 0 Å². The molecule has 0 unspecified atom stereocenters. The van der Waals surface area contributed by atoms with Crippen LogP contribution in [0.3, 0.4) is 0 Å². The summed E-state index contributed by atoms with van der Waals surface area (Å²) in [5, 5.41) is 7.74. The van der Waals surface area contributed by atoms with E-state index in [2.05, 4.69) is 63.6 Å². The van der Waals surface area contributed by atoms with Crippen LogP contribution in [0.5, 0.6) is 0 Å². The van der Waals surface area contributed by atoms with Gasteiger partial charge in [0.2, 0.25) is 0 Å². The van der Waals surface area contributed by atoms with Crippen LogP contribution in [0.4, 0.5) is 5.82 Å². The van der Waals surface area contributed by atoms with Crippen molar-refractivity contribution in [1.29, 1.82) is 0 Å². The summed E-state index contributed by atoms with van der Waals surface area (Å²) in [5.41, 5.74) is 7.27. The molecule has 3 heterocycles. The van der Waals surface area contributed by atoms with Gasteiger partial charge in [-0.2, -0.15) is 0 Å². The Morgan fingerprint density at radius 2 is 1.97 bits per heavy atom. The van der Waals surface area contributed by atoms with Crippen molar-refractivity contribution in [3.8, 4) is 22.4 Å². The summed E-state index contributed by atoms with van der Waals surface area (Å²) in [5.74, 6) is 1.83. The third-order valence-electron chi connectivity index (χ3n) is 5.52. The molecule has 1 aliphatic carbocycles. The van der Waals surface area contributed by atoms with E-state index in [1.165, 1.54) is 5.57 Å². The lowest BCUT2D eigenvalue weighted by Crippen LogP contribution is -2.07. The van der Waals surface area contributed by atoms with Gasteiger partial charge in [-0.1, -0.05) is 47.7 Å². The SMILES string of the molecule is Cc1noc(C)c1-c1cccc(-c2nc3ccccn3c2NCC2=CCCC=C2)c1. The van der Waals surface area contributed by atoms with Crippen LogP contribution >= 0.6 is 0 Å². The second-order valence-corrected chi connectivity index (χ2v) is 7.63. The Balaban J connectivity index is 1.58. The number of aromatic nitrogens is 3. The van der Waals surface area contributed by atoms with E-state index in [1.807, 2.05) is 32.0 Å². The second kappa shape index (κ2) is 7.67. The number of allylic oxidation sites excluding steroid dienone is 2. The zero-order chi connectivity index (χ0) is 20.5. The van der Waals surface area contributed by atoms with Crippen LogP contribution in [0, 0.1) is 13.8 Å². The molecule has 5 rings (SSSR count). The molecule has 1 N–H and O–H groups in total. The maximum absolute atomic E-state index is 5.38. The fourth-order valence-electron chi connectivity index (χ4n) is 4.07. The fraction of sp³-hybridized carbons (Fsp3) is 0.200. The van der Waals surface area contributed by atoms with Crippen LogP contribution in [-0.2, 0) is 0 Å². The average molecular weight is 396 g/mol. The van der Waals surface area contributed by atoms with Gasteiger partial charge in [0.25, 0.3) is 0 Å². The van der Waals surface area contributed by atoms with Gasteiger partial charge in [-0.05, 0) is 56.0 Å². The number of nitrogens with one attached hydrogen (secondary N) is 1. The van der Waals surface area contributed by atoms with E-state index in [4.69, 9.17) is 9.51 Å². The Morgan fingerprint density at radius 3 is 2.77 bits per heavy atom. The number of anilines is 1. The molecule has 0 aliphatic heterocycles. The summed E-state index contributed by atoms with van der Waals surface area (Å²) in [6.07, 6.45) is 11.0. The molecular weight excluding hydrogens is 372 g/mol. The first-order valence-corrected chi connectivity index (χ1v) is 10.3. The minimum Gasteiger partial charge on any atom is -0.365 e. The van der Waals surface area contributed by atoms with Crippen LogP contribution in [0.25, 0.3) is 28.0 Å². The topological polar surface area (TPSA) is 55.4 Å². The van der Waals surface area contributed by atoms with Crippen molar-refractivity contribution in [2.24, 2.45) is 0 Å². The number of pyridine rings is 1. The van der Waals surface area contributed by atoms with E-state index in [9.17, 15) is 0 Å². The number of rotatable bonds is 5. The standard InChI is InChI=1S/C25H24N4O/c1-17-23(18(2)30-28-17)20-11-8-12-21(15-20)24-25(26-16-19-9-4-3-5-10-19)29-14-7-6-13-22(29)27-24/h4,6-15,26H,3,5,16H2,1-2H3. The van der Waals surface area contributed by atoms with Crippen molar-refractivity contribution in [2.45, 2.75) is 26.7 Å². The summed E-state index contributed by atoms with van der Waals surface area (Å²) in [6.45, 7) is 4.70. The van der Waals surface area contributed by atoms with E-state index < -0.39 is 0 Å². The molecule has 0 saturated heterocycles. The highest BCUT2D eigenvalue weighted by atomic mass is 16.5. The quantitative estimate of drug-likeness (QED) is 0.452. The predicted octanol–water partition coefficient (Wildman–Crippen LogP) is 5.96. The Bertz CT molecular complexity index is 1260. The van der Waals surface area contributed by atoms with Crippen molar-refractivity contribution in [3.63, 3.8) is 0 Å². The van der Waals surface area contributed by atoms with Gasteiger partial charge in [0.1, 0.15) is 22.9 Å². The first kappa shape index (κ1) is 18.4. The highest BCUT2D eigenvalue weighted by Gasteiger charge is 2.17. The number of hydrogen-bond donors (Lipinski definition) is 1. The van der Waals surface area contributed by atoms with Crippen LogP contribution in [0.2, 0.25) is 0 Å². The number of fused-ring (bicyclic) bond motifs is 1. The lowest BCUT2D eigenvalue weighted by Gasteiger charge is -2.12. The van der Waals surface area contributed by atoms with Crippen LogP contribution in [0.15, 0.2) is 77.0 Å². The largest absolute Gasteiger partial charge is 0.365 e. The van der Waals surface area contributed by atoms with Gasteiger partial charge < -0.3 is 9.84 Å². The third-order valence-corrected chi connectivity index (χ3v) is 5.52. The summed E-state index contributed by atoms with van der Waals surface area (Å²) in [7, 11) is 0. The molecule has 150 valence electrons. The molecule has 1 aromatic carbocycles. The predicted molar refractivity (Wildman–Crippen MR) is 121 cm³/mol. The maximum atomic E-state index is 5.38. The van der Waals surface area contributed by atoms with E-state index in [0.717, 1.165) is 64.7 Å². The van der Waals surface area contributed by atoms with Crippen LogP contribution in [-0.4, -0.2) is 21.1 Å². The maximum Gasteiger partial charge on any atom is 0.141 e. The van der Waals surface area contributed by atoms with Crippen molar-refractivity contribution in [2.75, 3.05) is 11.9 Å². The molecule has 0 atom stereocenters. The monoisotopic (exact) mass is 396 g/mol. The Labute approximate surface area is 175 Å². The number of imidazole rings is 1. The molecule has 5 nitrogen and oxygen atoms in total. The summed E-state index contributed by atoms with van der Waals surface area (Å²) < 4.78 is 7.49. The molecule has 3 aromatic heterocycles. The normalized spacial score (nSPS) is 13.6. The van der Waals surface area contributed by atoms with E-state index >= 15 is 0 Å². The molecule has 0 radical (unpaired) electrons. The Morgan fingerprint density at radius 1 is 1.07 bits per heavy atom. The molecule has 0 fully saturated rings. The summed E-state index contributed by atoms with van der Waals surface area (Å²) in [6, 6.07) is 14.5. The number of aryl methyl sites for hydroxylation is 2. The molecule has 0 bridgehead atoms. The third kappa shape index (κ3) is 3.32. The number of hydrogen-bond acceptors (Lipinski definition) is 4. The molecule has 0 amide bonds. The minimum absolute atomic E-state index is 0.774. The first-order valence-electron chi connectivity index (χ1n) is 10.3. The van der Waals surface area contributed by atoms with Crippen LogP contribution < -0.4 is 5.32 Å².